The lowest BCUT2D eigenvalue weighted by atomic mass is 10.1. The summed E-state index contributed by atoms with van der Waals surface area (Å²) in [6.07, 6.45) is 7.66. The van der Waals surface area contributed by atoms with Crippen LogP contribution in [0.3, 0.4) is 0 Å². The molecule has 2 rings (SSSR count). The van der Waals surface area contributed by atoms with Gasteiger partial charge in [-0.1, -0.05) is 6.08 Å². The Morgan fingerprint density at radius 3 is 3.00 bits per heavy atom. The minimum atomic E-state index is 0.239. The number of allylic oxidation sites excluding steroid dienone is 3. The molecule has 1 fully saturated rings. The van der Waals surface area contributed by atoms with E-state index in [1.165, 1.54) is 5.57 Å². The van der Waals surface area contributed by atoms with Gasteiger partial charge in [0.15, 0.2) is 0 Å². The maximum Gasteiger partial charge on any atom is 0.124 e. The van der Waals surface area contributed by atoms with E-state index >= 15 is 0 Å². The lowest BCUT2D eigenvalue weighted by Gasteiger charge is -2.39. The zero-order chi connectivity index (χ0) is 10.7. The van der Waals surface area contributed by atoms with E-state index in [0.717, 1.165) is 31.8 Å². The largest absolute Gasteiger partial charge is 0.488 e. The average molecular weight is 208 g/mol. The molecule has 3 nitrogen and oxygen atoms in total. The molecule has 0 atom stereocenters. The highest BCUT2D eigenvalue weighted by molar-refractivity contribution is 5.31. The first-order valence-corrected chi connectivity index (χ1v) is 5.50. The summed E-state index contributed by atoms with van der Waals surface area (Å²) >= 11 is 0. The summed E-state index contributed by atoms with van der Waals surface area (Å²) in [4.78, 5) is 2.19. The summed E-state index contributed by atoms with van der Waals surface area (Å²) in [5.41, 5.74) is 1.21. The molecular formula is C12H18NO2. The second kappa shape index (κ2) is 4.81. The first-order chi connectivity index (χ1) is 7.29. The predicted molar refractivity (Wildman–Crippen MR) is 59.2 cm³/mol. The third-order valence-corrected chi connectivity index (χ3v) is 2.83. The fourth-order valence-corrected chi connectivity index (χ4v) is 1.90. The van der Waals surface area contributed by atoms with E-state index in [9.17, 15) is 0 Å². The van der Waals surface area contributed by atoms with Crippen molar-refractivity contribution in [3.63, 3.8) is 0 Å². The van der Waals surface area contributed by atoms with E-state index in [0.29, 0.717) is 6.10 Å². The molecule has 0 bridgehead atoms. The number of β-amino-alcohol motifs (C(OH)–C–C–N with tert-alkyl or cyclic N) is 1. The highest BCUT2D eigenvalue weighted by atomic mass is 16.5. The number of aliphatic hydroxyl groups excluding tert-OH is 1. The molecular weight excluding hydrogens is 190 g/mol. The molecule has 83 valence electrons. The maximum atomic E-state index is 8.74. The molecule has 0 aromatic heterocycles. The highest BCUT2D eigenvalue weighted by Crippen LogP contribution is 2.23. The van der Waals surface area contributed by atoms with Gasteiger partial charge in [0.05, 0.1) is 6.61 Å². The van der Waals surface area contributed by atoms with Crippen molar-refractivity contribution in [2.75, 3.05) is 26.2 Å². The minimum absolute atomic E-state index is 0.239. The molecule has 1 aliphatic heterocycles. The van der Waals surface area contributed by atoms with E-state index in [-0.39, 0.29) is 6.61 Å². The molecule has 1 aliphatic carbocycles. The van der Waals surface area contributed by atoms with Crippen molar-refractivity contribution < 1.29 is 9.84 Å². The number of rotatable bonds is 4. The van der Waals surface area contributed by atoms with Crippen LogP contribution in [0.4, 0.5) is 0 Å². The van der Waals surface area contributed by atoms with Crippen LogP contribution in [0.5, 0.6) is 0 Å². The third kappa shape index (κ3) is 2.61. The van der Waals surface area contributed by atoms with Crippen molar-refractivity contribution in [3.8, 4) is 0 Å². The van der Waals surface area contributed by atoms with Crippen molar-refractivity contribution in [2.24, 2.45) is 0 Å². The smallest absolute Gasteiger partial charge is 0.124 e. The van der Waals surface area contributed by atoms with Gasteiger partial charge in [-0.2, -0.15) is 0 Å². The van der Waals surface area contributed by atoms with Crippen LogP contribution in [0, 0.1) is 6.42 Å². The number of aliphatic hydroxyl groups is 1. The van der Waals surface area contributed by atoms with Crippen LogP contribution >= 0.6 is 0 Å². The van der Waals surface area contributed by atoms with E-state index < -0.39 is 0 Å². The van der Waals surface area contributed by atoms with Gasteiger partial charge >= 0.3 is 0 Å². The lowest BCUT2D eigenvalue weighted by Crippen LogP contribution is -2.52. The topological polar surface area (TPSA) is 32.7 Å². The number of likely N-dealkylation sites (tertiary alicyclic amines) is 1. The van der Waals surface area contributed by atoms with E-state index in [1.54, 1.807) is 0 Å². The third-order valence-electron chi connectivity index (χ3n) is 2.83. The summed E-state index contributed by atoms with van der Waals surface area (Å²) in [5, 5.41) is 8.74. The van der Waals surface area contributed by atoms with Gasteiger partial charge in [-0.3, -0.25) is 4.90 Å². The van der Waals surface area contributed by atoms with Crippen molar-refractivity contribution in [1.29, 1.82) is 0 Å². The second-order valence-corrected chi connectivity index (χ2v) is 4.11. The van der Waals surface area contributed by atoms with Crippen LogP contribution in [-0.4, -0.2) is 42.4 Å². The summed E-state index contributed by atoms with van der Waals surface area (Å²) in [6, 6.07) is 0. The summed E-state index contributed by atoms with van der Waals surface area (Å²) in [6.45, 7) is 4.96. The van der Waals surface area contributed by atoms with E-state index in [1.807, 2.05) is 0 Å². The van der Waals surface area contributed by atoms with Crippen molar-refractivity contribution in [3.05, 3.63) is 29.9 Å². The van der Waals surface area contributed by atoms with Crippen molar-refractivity contribution in [1.82, 2.24) is 4.90 Å². The maximum absolute atomic E-state index is 8.74. The molecule has 1 radical (unpaired) electrons. The lowest BCUT2D eigenvalue weighted by molar-refractivity contribution is -0.0251. The van der Waals surface area contributed by atoms with Crippen LogP contribution < -0.4 is 0 Å². The fourth-order valence-electron chi connectivity index (χ4n) is 1.90. The van der Waals surface area contributed by atoms with Gasteiger partial charge in [-0.15, -0.1) is 0 Å². The Balaban J connectivity index is 1.75. The molecule has 1 heterocycles. The molecule has 0 amide bonds. The SMILES string of the molecule is CC1=C[CH]CC=C1OC1CN(CCO)C1. The minimum Gasteiger partial charge on any atom is -0.488 e. The predicted octanol–water partition coefficient (Wildman–Crippen LogP) is 1.12. The molecule has 0 aromatic rings. The first kappa shape index (κ1) is 10.7. The number of hydrogen-bond acceptors (Lipinski definition) is 3. The van der Waals surface area contributed by atoms with E-state index in [2.05, 4.69) is 30.4 Å². The second-order valence-electron chi connectivity index (χ2n) is 4.11. The summed E-state index contributed by atoms with van der Waals surface area (Å²) in [7, 11) is 0. The molecule has 0 unspecified atom stereocenters. The van der Waals surface area contributed by atoms with Gasteiger partial charge in [0.1, 0.15) is 11.9 Å². The molecule has 0 spiro atoms. The standard InChI is InChI=1S/C12H18NO2/c1-10-4-2-3-5-12(10)15-11-8-13(9-11)6-7-14/h2,4-5,11,14H,3,6-9H2,1H3. The molecule has 0 saturated carbocycles. The molecule has 0 aromatic carbocycles. The summed E-state index contributed by atoms with van der Waals surface area (Å²) in [5.74, 6) is 1.03. The molecule has 15 heavy (non-hydrogen) atoms. The fraction of sp³-hybridized carbons (Fsp3) is 0.583. The zero-order valence-corrected chi connectivity index (χ0v) is 9.15. The van der Waals surface area contributed by atoms with Crippen LogP contribution in [0.2, 0.25) is 0 Å². The Kier molecular flexibility index (Phi) is 3.44. The quantitative estimate of drug-likeness (QED) is 0.751. The first-order valence-electron chi connectivity index (χ1n) is 5.50. The molecule has 1 N–H and O–H groups in total. The van der Waals surface area contributed by atoms with Gasteiger partial charge in [0, 0.05) is 19.6 Å². The Morgan fingerprint density at radius 1 is 1.53 bits per heavy atom. The molecule has 3 heteroatoms. The molecule has 1 saturated heterocycles. The Bertz CT molecular complexity index is 277. The normalized spacial score (nSPS) is 23.1. The molecule has 2 aliphatic rings. The zero-order valence-electron chi connectivity index (χ0n) is 9.15. The number of hydrogen-bond donors (Lipinski definition) is 1. The van der Waals surface area contributed by atoms with Crippen LogP contribution in [-0.2, 0) is 4.74 Å². The van der Waals surface area contributed by atoms with Crippen LogP contribution in [0.25, 0.3) is 0 Å². The van der Waals surface area contributed by atoms with Crippen molar-refractivity contribution in [2.45, 2.75) is 19.4 Å². The monoisotopic (exact) mass is 208 g/mol. The van der Waals surface area contributed by atoms with E-state index in [4.69, 9.17) is 9.84 Å². The number of ether oxygens (including phenoxy) is 1. The number of nitrogens with zero attached hydrogens (tertiary/aromatic N) is 1. The Hall–Kier alpha value is -0.800. The van der Waals surface area contributed by atoms with Gasteiger partial charge < -0.3 is 9.84 Å². The van der Waals surface area contributed by atoms with Gasteiger partial charge in [0.2, 0.25) is 0 Å². The van der Waals surface area contributed by atoms with Gasteiger partial charge in [-0.25, -0.2) is 0 Å². The van der Waals surface area contributed by atoms with Gasteiger partial charge in [-0.05, 0) is 31.4 Å². The van der Waals surface area contributed by atoms with Gasteiger partial charge in [0.25, 0.3) is 0 Å². The Morgan fingerprint density at radius 2 is 2.33 bits per heavy atom. The highest BCUT2D eigenvalue weighted by Gasteiger charge is 2.28. The van der Waals surface area contributed by atoms with Crippen LogP contribution in [0.15, 0.2) is 23.5 Å². The summed E-state index contributed by atoms with van der Waals surface area (Å²) < 4.78 is 5.87. The van der Waals surface area contributed by atoms with Crippen LogP contribution in [0.1, 0.15) is 13.3 Å². The van der Waals surface area contributed by atoms with Crippen molar-refractivity contribution >= 4 is 0 Å². The Labute approximate surface area is 91.0 Å². The average Bonchev–Trinajstić information content (AvgIpc) is 2.18.